The minimum atomic E-state index is -0.954. The molecule has 10 nitrogen and oxygen atoms in total. The van der Waals surface area contributed by atoms with Crippen LogP contribution in [0, 0.1) is 12.8 Å². The van der Waals surface area contributed by atoms with Crippen LogP contribution in [0.15, 0.2) is 41.2 Å². The lowest BCUT2D eigenvalue weighted by atomic mass is 10.0. The molecule has 164 valence electrons. The summed E-state index contributed by atoms with van der Waals surface area (Å²) < 4.78 is 0. The van der Waals surface area contributed by atoms with E-state index in [2.05, 4.69) is 5.10 Å². The number of piperidine rings is 1. The smallest absolute Gasteiger partial charge is 0.407 e. The lowest BCUT2D eigenvalue weighted by molar-refractivity contribution is -0.130. The first-order chi connectivity index (χ1) is 14.8. The van der Waals surface area contributed by atoms with E-state index in [-0.39, 0.29) is 36.4 Å². The zero-order chi connectivity index (χ0) is 22.1. The lowest BCUT2D eigenvalue weighted by Crippen LogP contribution is -2.48. The fraction of sp³-hybridized carbons (Fsp3) is 0.429. The number of aryl methyl sites for hydroxylation is 1. The van der Waals surface area contributed by atoms with Crippen LogP contribution >= 0.6 is 0 Å². The molecule has 2 aliphatic heterocycles. The van der Waals surface area contributed by atoms with Gasteiger partial charge in [0.2, 0.25) is 5.91 Å². The number of carbonyl (C=O) groups excluding carboxylic acids is 2. The molecule has 0 aliphatic carbocycles. The average molecular weight is 427 g/mol. The zero-order valence-electron chi connectivity index (χ0n) is 17.2. The van der Waals surface area contributed by atoms with Gasteiger partial charge >= 0.3 is 6.09 Å². The summed E-state index contributed by atoms with van der Waals surface area (Å²) in [6.45, 7) is 2.73. The van der Waals surface area contributed by atoms with Gasteiger partial charge in [0.15, 0.2) is 0 Å². The predicted octanol–water partition coefficient (Wildman–Crippen LogP) is 1.27. The molecule has 0 bridgehead atoms. The van der Waals surface area contributed by atoms with Crippen molar-refractivity contribution in [2.24, 2.45) is 5.92 Å². The third kappa shape index (κ3) is 4.05. The molecule has 10 heteroatoms. The molecule has 0 radical (unpaired) electrons. The van der Waals surface area contributed by atoms with Crippen LogP contribution in [-0.4, -0.2) is 68.4 Å². The molecule has 1 aromatic carbocycles. The van der Waals surface area contributed by atoms with Gasteiger partial charge in [0, 0.05) is 43.9 Å². The minimum absolute atomic E-state index is 0.0652. The second-order valence-electron chi connectivity index (χ2n) is 8.02. The largest absolute Gasteiger partial charge is 0.465 e. The van der Waals surface area contributed by atoms with Crippen molar-refractivity contribution < 1.29 is 19.5 Å². The molecule has 2 N–H and O–H groups in total. The van der Waals surface area contributed by atoms with Crippen molar-refractivity contribution in [1.29, 1.82) is 0 Å². The predicted molar refractivity (Wildman–Crippen MR) is 112 cm³/mol. The minimum Gasteiger partial charge on any atom is -0.465 e. The molecule has 0 saturated carbocycles. The van der Waals surface area contributed by atoms with E-state index in [9.17, 15) is 19.2 Å². The SMILES string of the molecule is Cc1cc(=O)n(N(C(=O)C2CC(=O)N(C3CCN(C(=O)O)CC3)C2)c2ccccc2)[nH]1. The number of benzene rings is 1. The van der Waals surface area contributed by atoms with E-state index in [1.165, 1.54) is 20.8 Å². The van der Waals surface area contributed by atoms with Gasteiger partial charge in [0.25, 0.3) is 11.5 Å². The third-order valence-corrected chi connectivity index (χ3v) is 5.92. The summed E-state index contributed by atoms with van der Waals surface area (Å²) in [4.78, 5) is 54.0. The van der Waals surface area contributed by atoms with Crippen LogP contribution in [0.1, 0.15) is 25.0 Å². The van der Waals surface area contributed by atoms with Crippen molar-refractivity contribution in [3.63, 3.8) is 0 Å². The zero-order valence-corrected chi connectivity index (χ0v) is 17.2. The normalized spacial score (nSPS) is 19.6. The summed E-state index contributed by atoms with van der Waals surface area (Å²) in [5.74, 6) is -1.05. The van der Waals surface area contributed by atoms with Gasteiger partial charge in [-0.25, -0.2) is 4.79 Å². The van der Waals surface area contributed by atoms with Crippen molar-refractivity contribution >= 4 is 23.6 Å². The number of carboxylic acid groups (broad SMARTS) is 1. The molecule has 2 aromatic rings. The van der Waals surface area contributed by atoms with Crippen LogP contribution in [-0.2, 0) is 9.59 Å². The van der Waals surface area contributed by atoms with E-state index < -0.39 is 12.0 Å². The summed E-state index contributed by atoms with van der Waals surface area (Å²) >= 11 is 0. The number of likely N-dealkylation sites (tertiary alicyclic amines) is 2. The van der Waals surface area contributed by atoms with Crippen LogP contribution in [0.4, 0.5) is 10.5 Å². The van der Waals surface area contributed by atoms with E-state index >= 15 is 0 Å². The number of hydrogen-bond acceptors (Lipinski definition) is 4. The molecule has 2 aliphatic rings. The van der Waals surface area contributed by atoms with Crippen molar-refractivity contribution in [2.75, 3.05) is 24.6 Å². The van der Waals surface area contributed by atoms with Crippen LogP contribution in [0.2, 0.25) is 0 Å². The molecule has 3 heterocycles. The fourth-order valence-electron chi connectivity index (χ4n) is 4.35. The highest BCUT2D eigenvalue weighted by molar-refractivity contribution is 5.98. The first kappa shape index (κ1) is 20.7. The monoisotopic (exact) mass is 427 g/mol. The Morgan fingerprint density at radius 1 is 1.13 bits per heavy atom. The van der Waals surface area contributed by atoms with Crippen molar-refractivity contribution in [1.82, 2.24) is 19.7 Å². The summed E-state index contributed by atoms with van der Waals surface area (Å²) in [5.41, 5.74) is 0.780. The van der Waals surface area contributed by atoms with E-state index in [0.29, 0.717) is 37.3 Å². The quantitative estimate of drug-likeness (QED) is 0.762. The molecular formula is C21H25N5O5. The van der Waals surface area contributed by atoms with E-state index in [4.69, 9.17) is 5.11 Å². The van der Waals surface area contributed by atoms with Crippen LogP contribution in [0.3, 0.4) is 0 Å². The molecule has 1 unspecified atom stereocenters. The number of carbonyl (C=O) groups is 3. The first-order valence-electron chi connectivity index (χ1n) is 10.3. The summed E-state index contributed by atoms with van der Waals surface area (Å²) in [6, 6.07) is 10.2. The van der Waals surface area contributed by atoms with Gasteiger partial charge in [0.05, 0.1) is 11.6 Å². The molecule has 1 atom stereocenters. The number of para-hydroxylation sites is 1. The second kappa shape index (κ2) is 8.29. The molecule has 2 saturated heterocycles. The Morgan fingerprint density at radius 3 is 2.39 bits per heavy atom. The Bertz CT molecular complexity index is 1040. The number of aromatic nitrogens is 2. The van der Waals surface area contributed by atoms with E-state index in [1.807, 2.05) is 6.07 Å². The van der Waals surface area contributed by atoms with Crippen LogP contribution < -0.4 is 10.6 Å². The van der Waals surface area contributed by atoms with Gasteiger partial charge in [-0.2, -0.15) is 5.01 Å². The van der Waals surface area contributed by atoms with Crippen molar-refractivity contribution in [3.05, 3.63) is 52.4 Å². The third-order valence-electron chi connectivity index (χ3n) is 5.92. The number of H-pyrrole nitrogens is 1. The van der Waals surface area contributed by atoms with Crippen molar-refractivity contribution in [3.8, 4) is 0 Å². The average Bonchev–Trinajstić information content (AvgIpc) is 3.30. The number of rotatable bonds is 4. The Morgan fingerprint density at radius 2 is 1.81 bits per heavy atom. The maximum absolute atomic E-state index is 13.5. The van der Waals surface area contributed by atoms with Gasteiger partial charge in [-0.15, -0.1) is 4.79 Å². The Hall–Kier alpha value is -3.56. The van der Waals surface area contributed by atoms with Gasteiger partial charge in [-0.05, 0) is 31.9 Å². The Kier molecular flexibility index (Phi) is 5.53. The van der Waals surface area contributed by atoms with Crippen LogP contribution in [0.25, 0.3) is 0 Å². The summed E-state index contributed by atoms with van der Waals surface area (Å²) in [7, 11) is 0. The van der Waals surface area contributed by atoms with Gasteiger partial charge in [0.1, 0.15) is 0 Å². The molecular weight excluding hydrogens is 402 g/mol. The Balaban J connectivity index is 1.55. The number of anilines is 1. The standard InChI is InChI=1S/C21H25N5O5/c1-14-11-19(28)26(22-14)25(17-5-3-2-4-6-17)20(29)15-12-18(27)24(13-15)16-7-9-23(10-8-16)21(30)31/h2-6,11,15-16,22H,7-10,12-13H2,1H3,(H,30,31). The maximum Gasteiger partial charge on any atom is 0.407 e. The maximum atomic E-state index is 13.5. The molecule has 31 heavy (non-hydrogen) atoms. The summed E-state index contributed by atoms with van der Waals surface area (Å²) in [6.07, 6.45) is 0.215. The van der Waals surface area contributed by atoms with Gasteiger partial charge in [-0.1, -0.05) is 18.2 Å². The highest BCUT2D eigenvalue weighted by atomic mass is 16.4. The molecule has 3 amide bonds. The fourth-order valence-corrected chi connectivity index (χ4v) is 4.35. The van der Waals surface area contributed by atoms with E-state index in [0.717, 1.165) is 0 Å². The van der Waals surface area contributed by atoms with Gasteiger partial charge in [-0.3, -0.25) is 19.5 Å². The molecule has 0 spiro atoms. The topological polar surface area (TPSA) is 119 Å². The number of aromatic amines is 1. The van der Waals surface area contributed by atoms with Crippen molar-refractivity contribution in [2.45, 2.75) is 32.2 Å². The highest BCUT2D eigenvalue weighted by Gasteiger charge is 2.41. The molecule has 1 aromatic heterocycles. The lowest BCUT2D eigenvalue weighted by Gasteiger charge is -2.35. The van der Waals surface area contributed by atoms with Gasteiger partial charge < -0.3 is 14.9 Å². The highest BCUT2D eigenvalue weighted by Crippen LogP contribution is 2.28. The first-order valence-corrected chi connectivity index (χ1v) is 10.3. The second-order valence-corrected chi connectivity index (χ2v) is 8.02. The number of amides is 3. The summed E-state index contributed by atoms with van der Waals surface area (Å²) in [5, 5.41) is 13.3. The Labute approximate surface area is 178 Å². The number of hydrogen-bond donors (Lipinski definition) is 2. The number of nitrogens with one attached hydrogen (secondary N) is 1. The number of nitrogens with zero attached hydrogens (tertiary/aromatic N) is 4. The molecule has 4 rings (SSSR count). The molecule has 2 fully saturated rings. The van der Waals surface area contributed by atoms with Crippen LogP contribution in [0.5, 0.6) is 0 Å². The van der Waals surface area contributed by atoms with E-state index in [1.54, 1.807) is 36.1 Å².